The van der Waals surface area contributed by atoms with Gasteiger partial charge in [0, 0.05) is 45.0 Å². The summed E-state index contributed by atoms with van der Waals surface area (Å²) in [5.74, 6) is 0.864. The van der Waals surface area contributed by atoms with Gasteiger partial charge in [-0.05, 0) is 34.1 Å². The number of methoxy groups -OCH3 is 1. The van der Waals surface area contributed by atoms with Crippen molar-refractivity contribution in [2.75, 3.05) is 51.7 Å². The quantitative estimate of drug-likeness (QED) is 0.869. The number of nitrogens with zero attached hydrogens (tertiary/aromatic N) is 1. The van der Waals surface area contributed by atoms with Gasteiger partial charge in [-0.3, -0.25) is 4.90 Å². The zero-order chi connectivity index (χ0) is 12.8. The van der Waals surface area contributed by atoms with E-state index in [4.69, 9.17) is 4.74 Å². The summed E-state index contributed by atoms with van der Waals surface area (Å²) in [7, 11) is 1.68. The van der Waals surface area contributed by atoms with E-state index in [9.17, 15) is 0 Å². The molecule has 2 N–H and O–H groups in total. The predicted molar refractivity (Wildman–Crippen MR) is 78.5 cm³/mol. The summed E-state index contributed by atoms with van der Waals surface area (Å²) >= 11 is 3.49. The van der Waals surface area contributed by atoms with Crippen molar-refractivity contribution in [2.24, 2.45) is 0 Å². The molecule has 0 radical (unpaired) electrons. The molecule has 1 heterocycles. The number of piperazine rings is 1. The van der Waals surface area contributed by atoms with Crippen LogP contribution in [0.3, 0.4) is 0 Å². The van der Waals surface area contributed by atoms with Gasteiger partial charge in [-0.25, -0.2) is 0 Å². The summed E-state index contributed by atoms with van der Waals surface area (Å²) in [5.41, 5.74) is 1.12. The Bertz CT molecular complexity index is 380. The van der Waals surface area contributed by atoms with Crippen molar-refractivity contribution in [3.63, 3.8) is 0 Å². The Morgan fingerprint density at radius 2 is 2.17 bits per heavy atom. The van der Waals surface area contributed by atoms with Gasteiger partial charge in [0.05, 0.1) is 11.6 Å². The van der Waals surface area contributed by atoms with E-state index in [1.807, 2.05) is 12.1 Å². The van der Waals surface area contributed by atoms with E-state index in [-0.39, 0.29) is 0 Å². The number of anilines is 1. The van der Waals surface area contributed by atoms with Crippen LogP contribution in [-0.4, -0.2) is 51.3 Å². The lowest BCUT2D eigenvalue weighted by Crippen LogP contribution is -2.45. The van der Waals surface area contributed by atoms with Crippen LogP contribution in [0.2, 0.25) is 0 Å². The topological polar surface area (TPSA) is 36.5 Å². The second kappa shape index (κ2) is 6.97. The number of rotatable bonds is 5. The van der Waals surface area contributed by atoms with E-state index in [2.05, 4.69) is 37.5 Å². The van der Waals surface area contributed by atoms with Gasteiger partial charge in [0.1, 0.15) is 5.75 Å². The highest BCUT2D eigenvalue weighted by molar-refractivity contribution is 9.10. The van der Waals surface area contributed by atoms with Crippen molar-refractivity contribution in [1.29, 1.82) is 0 Å². The Hall–Kier alpha value is -0.780. The first kappa shape index (κ1) is 13.6. The van der Waals surface area contributed by atoms with E-state index in [0.29, 0.717) is 0 Å². The van der Waals surface area contributed by atoms with Crippen LogP contribution in [-0.2, 0) is 0 Å². The third-order valence-electron chi connectivity index (χ3n) is 3.12. The third kappa shape index (κ3) is 3.86. The monoisotopic (exact) mass is 313 g/mol. The standard InChI is InChI=1S/C13H20BrN3O/c1-18-13-3-2-11(10-12(13)14)16-6-9-17-7-4-15-5-8-17/h2-3,10,15-16H,4-9H2,1H3. The zero-order valence-electron chi connectivity index (χ0n) is 10.7. The molecule has 1 aliphatic rings. The minimum absolute atomic E-state index is 0.864. The van der Waals surface area contributed by atoms with Gasteiger partial charge in [0.25, 0.3) is 0 Å². The van der Waals surface area contributed by atoms with Crippen LogP contribution in [0.1, 0.15) is 0 Å². The van der Waals surface area contributed by atoms with E-state index in [1.165, 1.54) is 0 Å². The molecule has 1 saturated heterocycles. The molecule has 0 aromatic heterocycles. The molecule has 0 saturated carbocycles. The fourth-order valence-corrected chi connectivity index (χ4v) is 2.61. The second-order valence-corrected chi connectivity index (χ2v) is 5.22. The van der Waals surface area contributed by atoms with Gasteiger partial charge in [-0.2, -0.15) is 0 Å². The first-order valence-electron chi connectivity index (χ1n) is 6.30. The lowest BCUT2D eigenvalue weighted by Gasteiger charge is -2.27. The highest BCUT2D eigenvalue weighted by atomic mass is 79.9. The molecule has 1 fully saturated rings. The van der Waals surface area contributed by atoms with Crippen LogP contribution in [0.5, 0.6) is 5.75 Å². The van der Waals surface area contributed by atoms with Gasteiger partial charge in [-0.1, -0.05) is 0 Å². The highest BCUT2D eigenvalue weighted by Gasteiger charge is 2.08. The van der Waals surface area contributed by atoms with Crippen LogP contribution < -0.4 is 15.4 Å². The predicted octanol–water partition coefficient (Wildman–Crippen LogP) is 1.77. The molecule has 2 rings (SSSR count). The SMILES string of the molecule is COc1ccc(NCCN2CCNCC2)cc1Br. The first-order chi connectivity index (χ1) is 8.79. The van der Waals surface area contributed by atoms with Crippen LogP contribution in [0.25, 0.3) is 0 Å². The Labute approximate surface area is 117 Å². The fourth-order valence-electron chi connectivity index (χ4n) is 2.07. The Kier molecular flexibility index (Phi) is 5.28. The van der Waals surface area contributed by atoms with Crippen molar-refractivity contribution in [2.45, 2.75) is 0 Å². The van der Waals surface area contributed by atoms with Crippen LogP contribution >= 0.6 is 15.9 Å². The van der Waals surface area contributed by atoms with E-state index in [1.54, 1.807) is 7.11 Å². The minimum Gasteiger partial charge on any atom is -0.496 e. The maximum absolute atomic E-state index is 5.21. The summed E-state index contributed by atoms with van der Waals surface area (Å²) in [4.78, 5) is 2.47. The maximum Gasteiger partial charge on any atom is 0.133 e. The lowest BCUT2D eigenvalue weighted by molar-refractivity contribution is 0.249. The molecule has 0 atom stereocenters. The molecule has 0 amide bonds. The van der Waals surface area contributed by atoms with Crippen molar-refractivity contribution in [1.82, 2.24) is 10.2 Å². The average molecular weight is 314 g/mol. The summed E-state index contributed by atoms with van der Waals surface area (Å²) in [6.07, 6.45) is 0. The number of hydrogen-bond donors (Lipinski definition) is 2. The zero-order valence-corrected chi connectivity index (χ0v) is 12.3. The number of halogens is 1. The smallest absolute Gasteiger partial charge is 0.133 e. The number of hydrogen-bond acceptors (Lipinski definition) is 4. The summed E-state index contributed by atoms with van der Waals surface area (Å²) in [5, 5.41) is 6.80. The first-order valence-corrected chi connectivity index (χ1v) is 7.09. The normalized spacial score (nSPS) is 16.6. The molecule has 0 aliphatic carbocycles. The molecule has 5 heteroatoms. The fraction of sp³-hybridized carbons (Fsp3) is 0.538. The van der Waals surface area contributed by atoms with Gasteiger partial charge >= 0.3 is 0 Å². The Morgan fingerprint density at radius 3 is 2.83 bits per heavy atom. The molecule has 0 unspecified atom stereocenters. The molecule has 1 aromatic rings. The second-order valence-electron chi connectivity index (χ2n) is 4.37. The maximum atomic E-state index is 5.21. The summed E-state index contributed by atoms with van der Waals surface area (Å²) < 4.78 is 6.19. The number of benzene rings is 1. The van der Waals surface area contributed by atoms with Gasteiger partial charge in [-0.15, -0.1) is 0 Å². The molecule has 1 aliphatic heterocycles. The lowest BCUT2D eigenvalue weighted by atomic mass is 10.3. The molecule has 0 spiro atoms. The van der Waals surface area contributed by atoms with Crippen molar-refractivity contribution >= 4 is 21.6 Å². The number of nitrogens with one attached hydrogen (secondary N) is 2. The molecular weight excluding hydrogens is 294 g/mol. The van der Waals surface area contributed by atoms with E-state index >= 15 is 0 Å². The summed E-state index contributed by atoms with van der Waals surface area (Å²) in [6, 6.07) is 6.06. The van der Waals surface area contributed by atoms with Crippen molar-refractivity contribution in [3.05, 3.63) is 22.7 Å². The van der Waals surface area contributed by atoms with Crippen molar-refractivity contribution in [3.8, 4) is 5.75 Å². The molecule has 0 bridgehead atoms. The highest BCUT2D eigenvalue weighted by Crippen LogP contribution is 2.27. The van der Waals surface area contributed by atoms with Gasteiger partial charge < -0.3 is 15.4 Å². The van der Waals surface area contributed by atoms with E-state index in [0.717, 1.165) is 55.2 Å². The molecule has 100 valence electrons. The van der Waals surface area contributed by atoms with Crippen LogP contribution in [0.15, 0.2) is 22.7 Å². The van der Waals surface area contributed by atoms with Crippen molar-refractivity contribution < 1.29 is 4.74 Å². The minimum atomic E-state index is 0.864. The molecular formula is C13H20BrN3O. The van der Waals surface area contributed by atoms with Crippen LogP contribution in [0.4, 0.5) is 5.69 Å². The largest absolute Gasteiger partial charge is 0.496 e. The van der Waals surface area contributed by atoms with Gasteiger partial charge in [0.2, 0.25) is 0 Å². The van der Waals surface area contributed by atoms with Crippen LogP contribution in [0, 0.1) is 0 Å². The average Bonchev–Trinajstić information content (AvgIpc) is 2.40. The molecule has 1 aromatic carbocycles. The Balaban J connectivity index is 1.77. The Morgan fingerprint density at radius 1 is 1.39 bits per heavy atom. The number of ether oxygens (including phenoxy) is 1. The third-order valence-corrected chi connectivity index (χ3v) is 3.74. The summed E-state index contributed by atoms with van der Waals surface area (Å²) in [6.45, 7) is 6.56. The molecule has 18 heavy (non-hydrogen) atoms. The molecule has 4 nitrogen and oxygen atoms in total. The van der Waals surface area contributed by atoms with E-state index < -0.39 is 0 Å². The van der Waals surface area contributed by atoms with Gasteiger partial charge in [0.15, 0.2) is 0 Å².